The van der Waals surface area contributed by atoms with Crippen LogP contribution in [-0.2, 0) is 9.59 Å². The fourth-order valence-corrected chi connectivity index (χ4v) is 1.23. The number of benzene rings is 1. The summed E-state index contributed by atoms with van der Waals surface area (Å²) in [5.41, 5.74) is 4.30. The zero-order valence-electron chi connectivity index (χ0n) is 9.70. The Kier molecular flexibility index (Phi) is 4.44. The van der Waals surface area contributed by atoms with E-state index in [4.69, 9.17) is 11.0 Å². The monoisotopic (exact) mass is 258 g/mol. The topological polar surface area (TPSA) is 124 Å². The highest BCUT2D eigenvalue weighted by molar-refractivity contribution is 6.12. The van der Waals surface area contributed by atoms with E-state index in [0.717, 1.165) is 0 Å². The number of hydrogen-bond donors (Lipinski definition) is 3. The molecular formula is C13H10N2O4. The fourth-order valence-electron chi connectivity index (χ4n) is 1.23. The molecule has 0 fully saturated rings. The van der Waals surface area contributed by atoms with Crippen LogP contribution in [0.1, 0.15) is 5.56 Å². The molecule has 4 N–H and O–H groups in total. The van der Waals surface area contributed by atoms with Crippen molar-refractivity contribution in [3.63, 3.8) is 0 Å². The highest BCUT2D eigenvalue weighted by Gasteiger charge is 2.17. The standard InChI is InChI=1S/C13H10N2O4/c14-7-9(13(15)19)12(18)11(17)6-10(16)8-4-2-1-3-5-8/h1-6,16,18H,(H2,15,19). The minimum absolute atomic E-state index is 0.348. The quantitative estimate of drug-likeness (QED) is 0.421. The summed E-state index contributed by atoms with van der Waals surface area (Å²) in [6.07, 6.45) is 0.699. The molecule has 0 aliphatic heterocycles. The van der Waals surface area contributed by atoms with E-state index in [1.165, 1.54) is 6.07 Å². The molecule has 96 valence electrons. The van der Waals surface area contributed by atoms with Crippen LogP contribution in [-0.4, -0.2) is 21.9 Å². The van der Waals surface area contributed by atoms with E-state index in [0.29, 0.717) is 11.6 Å². The number of amides is 1. The van der Waals surface area contributed by atoms with Crippen molar-refractivity contribution in [1.29, 1.82) is 5.26 Å². The van der Waals surface area contributed by atoms with Crippen molar-refractivity contribution < 1.29 is 19.8 Å². The third-order valence-corrected chi connectivity index (χ3v) is 2.17. The summed E-state index contributed by atoms with van der Waals surface area (Å²) in [6.45, 7) is 0. The summed E-state index contributed by atoms with van der Waals surface area (Å²) in [5.74, 6) is -3.81. The molecule has 1 aromatic rings. The van der Waals surface area contributed by atoms with Crippen molar-refractivity contribution in [2.75, 3.05) is 0 Å². The van der Waals surface area contributed by atoms with E-state index >= 15 is 0 Å². The predicted octanol–water partition coefficient (Wildman–Crippen LogP) is 0.976. The van der Waals surface area contributed by atoms with Gasteiger partial charge < -0.3 is 15.9 Å². The van der Waals surface area contributed by atoms with Crippen LogP contribution in [0.15, 0.2) is 47.7 Å². The van der Waals surface area contributed by atoms with Gasteiger partial charge >= 0.3 is 0 Å². The molecule has 0 saturated heterocycles. The average molecular weight is 258 g/mol. The number of nitrogens with two attached hydrogens (primary N) is 1. The normalized spacial score (nSPS) is 12.3. The Hall–Kier alpha value is -3.07. The van der Waals surface area contributed by atoms with Gasteiger partial charge in [-0.2, -0.15) is 5.26 Å². The second-order valence-corrected chi connectivity index (χ2v) is 3.46. The van der Waals surface area contributed by atoms with Crippen molar-refractivity contribution in [2.24, 2.45) is 5.73 Å². The predicted molar refractivity (Wildman–Crippen MR) is 66.5 cm³/mol. The molecule has 1 rings (SSSR count). The summed E-state index contributed by atoms with van der Waals surface area (Å²) >= 11 is 0. The van der Waals surface area contributed by atoms with Gasteiger partial charge in [0.2, 0.25) is 5.78 Å². The average Bonchev–Trinajstić information content (AvgIpc) is 2.39. The third-order valence-electron chi connectivity index (χ3n) is 2.17. The van der Waals surface area contributed by atoms with Crippen LogP contribution in [0.2, 0.25) is 0 Å². The van der Waals surface area contributed by atoms with Gasteiger partial charge in [-0.25, -0.2) is 0 Å². The maximum absolute atomic E-state index is 11.5. The number of aliphatic hydroxyl groups is 2. The first-order valence-electron chi connectivity index (χ1n) is 5.11. The molecule has 1 aromatic carbocycles. The molecule has 1 amide bonds. The molecule has 0 radical (unpaired) electrons. The van der Waals surface area contributed by atoms with Gasteiger partial charge in [0.25, 0.3) is 5.91 Å². The Morgan fingerprint density at radius 2 is 1.79 bits per heavy atom. The van der Waals surface area contributed by atoms with Crippen molar-refractivity contribution in [3.8, 4) is 6.07 Å². The molecule has 0 atom stereocenters. The first-order valence-corrected chi connectivity index (χ1v) is 5.11. The Bertz CT molecular complexity index is 609. The smallest absolute Gasteiger partial charge is 0.263 e. The van der Waals surface area contributed by atoms with Gasteiger partial charge in [-0.3, -0.25) is 9.59 Å². The summed E-state index contributed by atoms with van der Waals surface area (Å²) in [6, 6.07) is 9.40. The molecule has 0 aromatic heterocycles. The number of rotatable bonds is 4. The van der Waals surface area contributed by atoms with Gasteiger partial charge in [0.15, 0.2) is 11.3 Å². The Balaban J connectivity index is 3.10. The Morgan fingerprint density at radius 1 is 1.21 bits per heavy atom. The van der Waals surface area contributed by atoms with Crippen molar-refractivity contribution in [1.82, 2.24) is 0 Å². The molecule has 6 nitrogen and oxygen atoms in total. The highest BCUT2D eigenvalue weighted by atomic mass is 16.3. The zero-order valence-corrected chi connectivity index (χ0v) is 9.70. The van der Waals surface area contributed by atoms with Gasteiger partial charge in [-0.15, -0.1) is 0 Å². The first kappa shape index (κ1) is 14.0. The minimum Gasteiger partial charge on any atom is -0.507 e. The second-order valence-electron chi connectivity index (χ2n) is 3.46. The second kappa shape index (κ2) is 6.02. The molecule has 0 bridgehead atoms. The lowest BCUT2D eigenvalue weighted by Crippen LogP contribution is -2.17. The van der Waals surface area contributed by atoms with E-state index in [-0.39, 0.29) is 0 Å². The summed E-state index contributed by atoms with van der Waals surface area (Å²) in [7, 11) is 0. The number of hydrogen-bond acceptors (Lipinski definition) is 5. The minimum atomic E-state index is -1.22. The van der Waals surface area contributed by atoms with Crippen LogP contribution >= 0.6 is 0 Å². The largest absolute Gasteiger partial charge is 0.507 e. The van der Waals surface area contributed by atoms with Crippen molar-refractivity contribution in [3.05, 3.63) is 53.3 Å². The number of carbonyl (C=O) groups is 2. The Labute approximate surface area is 108 Å². The fraction of sp³-hybridized carbons (Fsp3) is 0. The van der Waals surface area contributed by atoms with E-state index in [1.807, 2.05) is 0 Å². The van der Waals surface area contributed by atoms with Crippen LogP contribution in [0, 0.1) is 11.3 Å². The summed E-state index contributed by atoms with van der Waals surface area (Å²) in [4.78, 5) is 22.3. The van der Waals surface area contributed by atoms with Crippen LogP contribution < -0.4 is 5.73 Å². The molecule has 6 heteroatoms. The van der Waals surface area contributed by atoms with Gasteiger partial charge in [0.05, 0.1) is 0 Å². The number of carbonyl (C=O) groups excluding carboxylic acids is 2. The van der Waals surface area contributed by atoms with Crippen molar-refractivity contribution in [2.45, 2.75) is 0 Å². The number of ketones is 1. The van der Waals surface area contributed by atoms with Gasteiger partial charge in [-0.1, -0.05) is 30.3 Å². The number of aliphatic hydroxyl groups excluding tert-OH is 2. The highest BCUT2D eigenvalue weighted by Crippen LogP contribution is 2.12. The number of primary amides is 1. The first-order chi connectivity index (χ1) is 8.97. The van der Waals surface area contributed by atoms with Gasteiger partial charge in [0, 0.05) is 11.6 Å². The van der Waals surface area contributed by atoms with E-state index in [2.05, 4.69) is 0 Å². The molecule has 0 aliphatic rings. The molecule has 0 aliphatic carbocycles. The molecule has 0 unspecified atom stereocenters. The summed E-state index contributed by atoms with van der Waals surface area (Å²) < 4.78 is 0. The number of allylic oxidation sites excluding steroid dienone is 1. The van der Waals surface area contributed by atoms with Crippen LogP contribution in [0.5, 0.6) is 0 Å². The molecule has 19 heavy (non-hydrogen) atoms. The van der Waals surface area contributed by atoms with Crippen LogP contribution in [0.4, 0.5) is 0 Å². The van der Waals surface area contributed by atoms with E-state index in [9.17, 15) is 19.8 Å². The lowest BCUT2D eigenvalue weighted by atomic mass is 10.1. The number of nitriles is 1. The zero-order chi connectivity index (χ0) is 14.4. The van der Waals surface area contributed by atoms with Gasteiger partial charge in [-0.05, 0) is 0 Å². The SMILES string of the molecule is N#CC(C(N)=O)=C(O)C(=O)C=C(O)c1ccccc1. The van der Waals surface area contributed by atoms with Crippen LogP contribution in [0.3, 0.4) is 0 Å². The van der Waals surface area contributed by atoms with Gasteiger partial charge in [0.1, 0.15) is 11.8 Å². The van der Waals surface area contributed by atoms with E-state index in [1.54, 1.807) is 30.3 Å². The molecule has 0 saturated carbocycles. The van der Waals surface area contributed by atoms with Crippen molar-refractivity contribution >= 4 is 17.4 Å². The maximum atomic E-state index is 11.5. The van der Waals surface area contributed by atoms with E-state index < -0.39 is 28.8 Å². The molecule has 0 heterocycles. The van der Waals surface area contributed by atoms with Crippen LogP contribution in [0.25, 0.3) is 5.76 Å². The third kappa shape index (κ3) is 3.44. The lowest BCUT2D eigenvalue weighted by Gasteiger charge is -2.00. The molecular weight excluding hydrogens is 248 g/mol. The maximum Gasteiger partial charge on any atom is 0.263 e. The summed E-state index contributed by atoms with van der Waals surface area (Å²) in [5, 5.41) is 27.6. The number of nitrogens with zero attached hydrogens (tertiary/aromatic N) is 1. The Morgan fingerprint density at radius 3 is 2.26 bits per heavy atom. The lowest BCUT2D eigenvalue weighted by molar-refractivity contribution is -0.116. The molecule has 0 spiro atoms.